The standard InChI is InChI=1S/C17H20FNO2/c1-19(11-13-7-9-14(18)10-8-13)12-16(20)15-5-3-4-6-17(15)21-2/h3-10,16,20H,11-12H2,1-2H3. The molecule has 3 nitrogen and oxygen atoms in total. The molecule has 0 aliphatic rings. The maximum absolute atomic E-state index is 12.9. The lowest BCUT2D eigenvalue weighted by Gasteiger charge is -2.22. The van der Waals surface area contributed by atoms with Gasteiger partial charge in [0.2, 0.25) is 0 Å². The lowest BCUT2D eigenvalue weighted by atomic mass is 10.1. The second-order valence-corrected chi connectivity index (χ2v) is 5.08. The first-order valence-corrected chi connectivity index (χ1v) is 6.84. The van der Waals surface area contributed by atoms with Gasteiger partial charge in [-0.3, -0.25) is 4.90 Å². The van der Waals surface area contributed by atoms with Crippen molar-refractivity contribution in [3.05, 3.63) is 65.5 Å². The van der Waals surface area contributed by atoms with Crippen LogP contribution in [0, 0.1) is 5.82 Å². The zero-order valence-electron chi connectivity index (χ0n) is 12.3. The monoisotopic (exact) mass is 289 g/mol. The molecule has 0 heterocycles. The third-order valence-corrected chi connectivity index (χ3v) is 3.35. The molecule has 0 bridgehead atoms. The highest BCUT2D eigenvalue weighted by atomic mass is 19.1. The summed E-state index contributed by atoms with van der Waals surface area (Å²) < 4.78 is 18.1. The van der Waals surface area contributed by atoms with Crippen LogP contribution in [-0.2, 0) is 6.54 Å². The Kier molecular flexibility index (Phi) is 5.31. The van der Waals surface area contributed by atoms with Crippen molar-refractivity contribution in [3.8, 4) is 5.75 Å². The van der Waals surface area contributed by atoms with Gasteiger partial charge in [0.25, 0.3) is 0 Å². The fourth-order valence-electron chi connectivity index (χ4n) is 2.30. The SMILES string of the molecule is COc1ccccc1C(O)CN(C)Cc1ccc(F)cc1. The highest BCUT2D eigenvalue weighted by Gasteiger charge is 2.15. The number of hydrogen-bond donors (Lipinski definition) is 1. The highest BCUT2D eigenvalue weighted by molar-refractivity contribution is 5.35. The smallest absolute Gasteiger partial charge is 0.124 e. The normalized spacial score (nSPS) is 12.4. The van der Waals surface area contributed by atoms with Gasteiger partial charge in [0, 0.05) is 18.7 Å². The predicted octanol–water partition coefficient (Wildman–Crippen LogP) is 3.00. The average Bonchev–Trinajstić information content (AvgIpc) is 2.49. The molecule has 0 radical (unpaired) electrons. The highest BCUT2D eigenvalue weighted by Crippen LogP contribution is 2.25. The van der Waals surface area contributed by atoms with E-state index in [0.29, 0.717) is 18.8 Å². The minimum atomic E-state index is -0.633. The van der Waals surface area contributed by atoms with E-state index < -0.39 is 6.10 Å². The Hall–Kier alpha value is -1.91. The van der Waals surface area contributed by atoms with Gasteiger partial charge in [-0.25, -0.2) is 4.39 Å². The molecular weight excluding hydrogens is 269 g/mol. The van der Waals surface area contributed by atoms with Crippen molar-refractivity contribution in [1.29, 1.82) is 0 Å². The number of hydrogen-bond acceptors (Lipinski definition) is 3. The van der Waals surface area contributed by atoms with Crippen LogP contribution < -0.4 is 4.74 Å². The van der Waals surface area contributed by atoms with Crippen molar-refractivity contribution < 1.29 is 14.2 Å². The van der Waals surface area contributed by atoms with E-state index in [0.717, 1.165) is 11.1 Å². The molecule has 0 aliphatic carbocycles. The van der Waals surface area contributed by atoms with Gasteiger partial charge >= 0.3 is 0 Å². The van der Waals surface area contributed by atoms with E-state index in [-0.39, 0.29) is 5.82 Å². The van der Waals surface area contributed by atoms with E-state index in [1.165, 1.54) is 12.1 Å². The van der Waals surface area contributed by atoms with Crippen LogP contribution in [0.25, 0.3) is 0 Å². The lowest BCUT2D eigenvalue weighted by Crippen LogP contribution is -2.24. The first-order valence-electron chi connectivity index (χ1n) is 6.84. The molecule has 0 saturated carbocycles. The minimum absolute atomic E-state index is 0.240. The fourth-order valence-corrected chi connectivity index (χ4v) is 2.30. The maximum atomic E-state index is 12.9. The van der Waals surface area contributed by atoms with Gasteiger partial charge in [0.15, 0.2) is 0 Å². The average molecular weight is 289 g/mol. The van der Waals surface area contributed by atoms with Gasteiger partial charge in [-0.05, 0) is 30.8 Å². The van der Waals surface area contributed by atoms with Crippen molar-refractivity contribution in [1.82, 2.24) is 4.90 Å². The third kappa shape index (κ3) is 4.28. The summed E-state index contributed by atoms with van der Waals surface area (Å²) in [7, 11) is 3.51. The quantitative estimate of drug-likeness (QED) is 0.887. The van der Waals surface area contributed by atoms with Crippen molar-refractivity contribution >= 4 is 0 Å². The van der Waals surface area contributed by atoms with Crippen LogP contribution in [0.1, 0.15) is 17.2 Å². The third-order valence-electron chi connectivity index (χ3n) is 3.35. The molecule has 1 N–H and O–H groups in total. The topological polar surface area (TPSA) is 32.7 Å². The van der Waals surface area contributed by atoms with E-state index in [2.05, 4.69) is 0 Å². The van der Waals surface area contributed by atoms with Gasteiger partial charge in [-0.1, -0.05) is 30.3 Å². The van der Waals surface area contributed by atoms with Crippen molar-refractivity contribution in [3.63, 3.8) is 0 Å². The van der Waals surface area contributed by atoms with E-state index in [9.17, 15) is 9.50 Å². The number of para-hydroxylation sites is 1. The Morgan fingerprint density at radius 3 is 2.48 bits per heavy atom. The molecule has 2 aromatic rings. The molecule has 2 rings (SSSR count). The maximum Gasteiger partial charge on any atom is 0.124 e. The van der Waals surface area contributed by atoms with Crippen LogP contribution in [0.2, 0.25) is 0 Å². The number of aliphatic hydroxyl groups is 1. The van der Waals surface area contributed by atoms with Crippen molar-refractivity contribution in [2.45, 2.75) is 12.6 Å². The first kappa shape index (κ1) is 15.5. The largest absolute Gasteiger partial charge is 0.496 e. The van der Waals surface area contributed by atoms with Gasteiger partial charge < -0.3 is 9.84 Å². The molecule has 21 heavy (non-hydrogen) atoms. The number of halogens is 1. The molecule has 0 aromatic heterocycles. The zero-order valence-corrected chi connectivity index (χ0v) is 12.3. The Bertz CT molecular complexity index is 571. The van der Waals surface area contributed by atoms with Gasteiger partial charge in [-0.15, -0.1) is 0 Å². The van der Waals surface area contributed by atoms with E-state index >= 15 is 0 Å². The summed E-state index contributed by atoms with van der Waals surface area (Å²) in [6.45, 7) is 1.12. The van der Waals surface area contributed by atoms with Gasteiger partial charge in [-0.2, -0.15) is 0 Å². The Labute approximate surface area is 124 Å². The summed E-state index contributed by atoms with van der Waals surface area (Å²) in [4.78, 5) is 1.99. The molecular formula is C17H20FNO2. The van der Waals surface area contributed by atoms with E-state index in [1.807, 2.05) is 36.2 Å². The summed E-state index contributed by atoms with van der Waals surface area (Å²) in [6.07, 6.45) is -0.633. The summed E-state index contributed by atoms with van der Waals surface area (Å²) in [5, 5.41) is 10.3. The number of methoxy groups -OCH3 is 1. The van der Waals surface area contributed by atoms with Crippen LogP contribution in [0.3, 0.4) is 0 Å². The predicted molar refractivity (Wildman–Crippen MR) is 80.7 cm³/mol. The van der Waals surface area contributed by atoms with Gasteiger partial charge in [0.1, 0.15) is 11.6 Å². The van der Waals surface area contributed by atoms with Crippen molar-refractivity contribution in [2.75, 3.05) is 20.7 Å². The molecule has 0 fully saturated rings. The summed E-state index contributed by atoms with van der Waals surface area (Å²) in [5.41, 5.74) is 1.78. The molecule has 0 saturated heterocycles. The van der Waals surface area contributed by atoms with E-state index in [4.69, 9.17) is 4.74 Å². The Morgan fingerprint density at radius 2 is 1.81 bits per heavy atom. The second-order valence-electron chi connectivity index (χ2n) is 5.08. The molecule has 0 aliphatic heterocycles. The van der Waals surface area contributed by atoms with E-state index in [1.54, 1.807) is 19.2 Å². The summed E-state index contributed by atoms with van der Waals surface area (Å²) in [5.74, 6) is 0.440. The number of rotatable bonds is 6. The minimum Gasteiger partial charge on any atom is -0.496 e. The van der Waals surface area contributed by atoms with Crippen LogP contribution in [0.4, 0.5) is 4.39 Å². The van der Waals surface area contributed by atoms with Crippen molar-refractivity contribution in [2.24, 2.45) is 0 Å². The Balaban J connectivity index is 1.98. The summed E-state index contributed by atoms with van der Waals surface area (Å²) >= 11 is 0. The van der Waals surface area contributed by atoms with Gasteiger partial charge in [0.05, 0.1) is 13.2 Å². The Morgan fingerprint density at radius 1 is 1.14 bits per heavy atom. The molecule has 112 valence electrons. The molecule has 1 unspecified atom stereocenters. The lowest BCUT2D eigenvalue weighted by molar-refractivity contribution is 0.121. The number of benzene rings is 2. The number of aliphatic hydroxyl groups excluding tert-OH is 1. The summed E-state index contributed by atoms with van der Waals surface area (Å²) in [6, 6.07) is 13.8. The zero-order chi connectivity index (χ0) is 15.2. The first-order chi connectivity index (χ1) is 10.1. The second kappa shape index (κ2) is 7.20. The number of ether oxygens (including phenoxy) is 1. The molecule has 0 spiro atoms. The molecule has 2 aromatic carbocycles. The fraction of sp³-hybridized carbons (Fsp3) is 0.294. The van der Waals surface area contributed by atoms with Crippen LogP contribution >= 0.6 is 0 Å². The number of likely N-dealkylation sites (N-methyl/N-ethyl adjacent to an activating group) is 1. The van der Waals surface area contributed by atoms with Crippen LogP contribution in [0.5, 0.6) is 5.75 Å². The van der Waals surface area contributed by atoms with Crippen LogP contribution in [0.15, 0.2) is 48.5 Å². The molecule has 4 heteroatoms. The molecule has 0 amide bonds. The number of nitrogens with zero attached hydrogens (tertiary/aromatic N) is 1. The van der Waals surface area contributed by atoms with Crippen LogP contribution in [-0.4, -0.2) is 30.7 Å². The molecule has 1 atom stereocenters.